The number of hydrogen-bond acceptors (Lipinski definition) is 5. The average Bonchev–Trinajstić information content (AvgIpc) is 3.18. The summed E-state index contributed by atoms with van der Waals surface area (Å²) in [5.41, 5.74) is 2.21. The van der Waals surface area contributed by atoms with Crippen LogP contribution in [0.1, 0.15) is 35.8 Å². The zero-order valence-electron chi connectivity index (χ0n) is 18.0. The topological polar surface area (TPSA) is 64.2 Å². The lowest BCUT2D eigenvalue weighted by atomic mass is 9.97. The van der Waals surface area contributed by atoms with Gasteiger partial charge < -0.3 is 14.5 Å². The Morgan fingerprint density at radius 3 is 2.82 bits per heavy atom. The molecule has 33 heavy (non-hydrogen) atoms. The number of nitrogens with one attached hydrogen (secondary N) is 1. The monoisotopic (exact) mass is 528 g/mol. The number of nitrogens with zero attached hydrogens (tertiary/aromatic N) is 1. The summed E-state index contributed by atoms with van der Waals surface area (Å²) in [6.07, 6.45) is 4.22. The minimum atomic E-state index is -0.322. The molecule has 0 amide bonds. The third-order valence-corrected chi connectivity index (χ3v) is 7.51. The smallest absolute Gasteiger partial charge is 0.260 e. The fourth-order valence-electron chi connectivity index (χ4n) is 4.17. The van der Waals surface area contributed by atoms with Crippen LogP contribution < -0.4 is 15.0 Å². The molecule has 5 nitrogen and oxygen atoms in total. The molecule has 1 aliphatic rings. The number of aryl methyl sites for hydroxylation is 2. The van der Waals surface area contributed by atoms with E-state index in [0.717, 1.165) is 41.5 Å². The van der Waals surface area contributed by atoms with E-state index in [1.807, 2.05) is 13.0 Å². The lowest BCUT2D eigenvalue weighted by molar-refractivity contribution is 0.264. The zero-order valence-corrected chi connectivity index (χ0v) is 20.4. The van der Waals surface area contributed by atoms with E-state index in [0.29, 0.717) is 39.5 Å². The number of H-pyrrole nitrogens is 1. The molecule has 0 saturated heterocycles. The van der Waals surface area contributed by atoms with Crippen LogP contribution in [-0.4, -0.2) is 16.6 Å². The summed E-state index contributed by atoms with van der Waals surface area (Å²) in [7, 11) is 0. The first-order valence-electron chi connectivity index (χ1n) is 10.9. The van der Waals surface area contributed by atoms with Gasteiger partial charge in [-0.05, 0) is 72.3 Å². The van der Waals surface area contributed by atoms with Gasteiger partial charge in [-0.1, -0.05) is 18.2 Å². The summed E-state index contributed by atoms with van der Waals surface area (Å²) in [6, 6.07) is 10.1. The molecule has 2 heterocycles. The molecule has 0 unspecified atom stereocenters. The van der Waals surface area contributed by atoms with Gasteiger partial charge in [0.05, 0.1) is 16.5 Å². The quantitative estimate of drug-likeness (QED) is 0.314. The molecule has 170 valence electrons. The molecule has 2 aromatic carbocycles. The third kappa shape index (κ3) is 4.29. The molecule has 0 aliphatic heterocycles. The van der Waals surface area contributed by atoms with Gasteiger partial charge in [-0.3, -0.25) is 4.79 Å². The molecule has 0 fully saturated rings. The minimum absolute atomic E-state index is 0.0620. The van der Waals surface area contributed by atoms with E-state index in [1.165, 1.54) is 10.9 Å². The number of aromatic nitrogens is 2. The van der Waals surface area contributed by atoms with Crippen LogP contribution in [-0.2, 0) is 19.4 Å². The van der Waals surface area contributed by atoms with E-state index in [4.69, 9.17) is 14.5 Å². The van der Waals surface area contributed by atoms with Crippen molar-refractivity contribution in [2.45, 2.75) is 39.2 Å². The first kappa shape index (κ1) is 22.1. The Kier molecular flexibility index (Phi) is 6.21. The zero-order chi connectivity index (χ0) is 22.9. The lowest BCUT2D eigenvalue weighted by Gasteiger charge is -2.15. The van der Waals surface area contributed by atoms with E-state index < -0.39 is 0 Å². The van der Waals surface area contributed by atoms with Crippen LogP contribution in [0.2, 0.25) is 0 Å². The van der Waals surface area contributed by atoms with Crippen LogP contribution in [0.5, 0.6) is 11.5 Å². The van der Waals surface area contributed by atoms with Crippen LogP contribution in [0.15, 0.2) is 45.7 Å². The van der Waals surface area contributed by atoms with Crippen molar-refractivity contribution in [2.24, 2.45) is 0 Å². The molecular formula is C25H22BrFN2O3S. The van der Waals surface area contributed by atoms with Gasteiger partial charge in [0.15, 0.2) is 11.5 Å². The van der Waals surface area contributed by atoms with Gasteiger partial charge in [-0.2, -0.15) is 0 Å². The third-order valence-electron chi connectivity index (χ3n) is 5.74. The summed E-state index contributed by atoms with van der Waals surface area (Å²) in [6.45, 7) is 2.36. The highest BCUT2D eigenvalue weighted by atomic mass is 79.9. The minimum Gasteiger partial charge on any atom is -0.490 e. The van der Waals surface area contributed by atoms with Crippen molar-refractivity contribution in [3.63, 3.8) is 0 Å². The van der Waals surface area contributed by atoms with Crippen LogP contribution in [0.4, 0.5) is 4.39 Å². The Balaban J connectivity index is 1.53. The van der Waals surface area contributed by atoms with Crippen LogP contribution in [0.3, 0.4) is 0 Å². The molecule has 1 aliphatic carbocycles. The second-order valence-electron chi connectivity index (χ2n) is 7.90. The van der Waals surface area contributed by atoms with Gasteiger partial charge in [-0.25, -0.2) is 9.37 Å². The normalized spacial score (nSPS) is 13.2. The summed E-state index contributed by atoms with van der Waals surface area (Å²) < 4.78 is 26.4. The largest absolute Gasteiger partial charge is 0.490 e. The molecule has 0 saturated carbocycles. The lowest BCUT2D eigenvalue weighted by Crippen LogP contribution is -2.11. The molecule has 0 bridgehead atoms. The Bertz CT molecular complexity index is 1400. The Hall–Kier alpha value is -2.71. The van der Waals surface area contributed by atoms with E-state index in [9.17, 15) is 9.18 Å². The Morgan fingerprint density at radius 1 is 1.18 bits per heavy atom. The first-order valence-corrected chi connectivity index (χ1v) is 12.5. The predicted molar refractivity (Wildman–Crippen MR) is 132 cm³/mol. The molecule has 5 rings (SSSR count). The van der Waals surface area contributed by atoms with Crippen molar-refractivity contribution in [3.8, 4) is 22.9 Å². The fourth-order valence-corrected chi connectivity index (χ4v) is 5.99. The van der Waals surface area contributed by atoms with Gasteiger partial charge in [0.25, 0.3) is 5.56 Å². The summed E-state index contributed by atoms with van der Waals surface area (Å²) in [5.74, 6) is 1.12. The summed E-state index contributed by atoms with van der Waals surface area (Å²) >= 11 is 5.17. The van der Waals surface area contributed by atoms with Crippen molar-refractivity contribution in [3.05, 3.63) is 73.0 Å². The van der Waals surface area contributed by atoms with E-state index in [-0.39, 0.29) is 18.0 Å². The maximum Gasteiger partial charge on any atom is 0.260 e. The Labute approximate surface area is 202 Å². The molecule has 1 N–H and O–H groups in total. The number of halogens is 2. The highest BCUT2D eigenvalue weighted by Gasteiger charge is 2.21. The van der Waals surface area contributed by atoms with Gasteiger partial charge in [0.2, 0.25) is 0 Å². The van der Waals surface area contributed by atoms with Gasteiger partial charge in [-0.15, -0.1) is 11.3 Å². The summed E-state index contributed by atoms with van der Waals surface area (Å²) in [5, 5.41) is 0.729. The molecule has 4 aromatic rings. The first-order chi connectivity index (χ1) is 16.0. The number of aromatic amines is 1. The molecule has 0 atom stereocenters. The number of benzene rings is 2. The SMILES string of the molecule is CCOc1cc(-c2nc3sc4c(c3c(=O)[nH]2)CCCC4)cc(Br)c1OCc1ccccc1F. The molecule has 0 radical (unpaired) electrons. The number of thiophene rings is 1. The molecule has 2 aromatic heterocycles. The Morgan fingerprint density at radius 2 is 2.00 bits per heavy atom. The van der Waals surface area contributed by atoms with E-state index >= 15 is 0 Å². The number of rotatable bonds is 6. The van der Waals surface area contributed by atoms with Gasteiger partial charge in [0.1, 0.15) is 23.1 Å². The van der Waals surface area contributed by atoms with Crippen LogP contribution in [0, 0.1) is 5.82 Å². The molecule has 0 spiro atoms. The second-order valence-corrected chi connectivity index (χ2v) is 9.84. The van der Waals surface area contributed by atoms with E-state index in [1.54, 1.807) is 35.6 Å². The number of fused-ring (bicyclic) bond motifs is 3. The number of ether oxygens (including phenoxy) is 2. The fraction of sp³-hybridized carbons (Fsp3) is 0.280. The maximum absolute atomic E-state index is 14.0. The van der Waals surface area contributed by atoms with Crippen molar-refractivity contribution in [2.75, 3.05) is 6.61 Å². The maximum atomic E-state index is 14.0. The van der Waals surface area contributed by atoms with Crippen molar-refractivity contribution in [1.29, 1.82) is 0 Å². The molecular weight excluding hydrogens is 507 g/mol. The van der Waals surface area contributed by atoms with Crippen molar-refractivity contribution in [1.82, 2.24) is 9.97 Å². The highest BCUT2D eigenvalue weighted by molar-refractivity contribution is 9.10. The van der Waals surface area contributed by atoms with Crippen molar-refractivity contribution >= 4 is 37.5 Å². The predicted octanol–water partition coefficient (Wildman–Crippen LogP) is 6.41. The van der Waals surface area contributed by atoms with Crippen LogP contribution in [0.25, 0.3) is 21.6 Å². The van der Waals surface area contributed by atoms with E-state index in [2.05, 4.69) is 20.9 Å². The molecule has 8 heteroatoms. The highest BCUT2D eigenvalue weighted by Crippen LogP contribution is 2.40. The summed E-state index contributed by atoms with van der Waals surface area (Å²) in [4.78, 5) is 22.8. The van der Waals surface area contributed by atoms with Crippen molar-refractivity contribution < 1.29 is 13.9 Å². The number of hydrogen-bond donors (Lipinski definition) is 1. The van der Waals surface area contributed by atoms with Gasteiger partial charge >= 0.3 is 0 Å². The second kappa shape index (κ2) is 9.27. The standard InChI is InChI=1S/C25H22BrFN2O3S/c1-2-31-19-12-15(11-17(26)22(19)32-13-14-7-3-5-9-18(14)27)23-28-24(30)21-16-8-4-6-10-20(16)33-25(21)29-23/h3,5,7,9,11-12H,2,4,6,8,10,13H2,1H3,(H,28,29,30). The average molecular weight is 529 g/mol. The van der Waals surface area contributed by atoms with Crippen LogP contribution >= 0.6 is 27.3 Å². The van der Waals surface area contributed by atoms with Gasteiger partial charge in [0, 0.05) is 16.0 Å².